The molecule has 4 heterocycles. The van der Waals surface area contributed by atoms with Gasteiger partial charge in [-0.15, -0.1) is 0 Å². The zero-order chi connectivity index (χ0) is 28.7. The zero-order valence-electron chi connectivity index (χ0n) is 22.9. The lowest BCUT2D eigenvalue weighted by Gasteiger charge is -2.32. The Hall–Kier alpha value is -4.54. The van der Waals surface area contributed by atoms with Crippen molar-refractivity contribution in [2.24, 2.45) is 5.92 Å². The van der Waals surface area contributed by atoms with Crippen LogP contribution in [0.1, 0.15) is 24.1 Å². The number of amides is 2. The van der Waals surface area contributed by atoms with Gasteiger partial charge in [-0.3, -0.25) is 19.9 Å². The van der Waals surface area contributed by atoms with E-state index in [0.29, 0.717) is 22.5 Å². The van der Waals surface area contributed by atoms with Crippen LogP contribution in [0.5, 0.6) is 11.5 Å². The molecular formula is C32H30N6O3S. The van der Waals surface area contributed by atoms with Crippen molar-refractivity contribution >= 4 is 34.9 Å². The number of benzene rings is 2. The number of hydrogen-bond acceptors (Lipinski definition) is 9. The van der Waals surface area contributed by atoms with E-state index < -0.39 is 0 Å². The molecule has 9 nitrogen and oxygen atoms in total. The van der Waals surface area contributed by atoms with Gasteiger partial charge in [0.05, 0.1) is 16.3 Å². The third-order valence-corrected chi connectivity index (χ3v) is 8.04. The summed E-state index contributed by atoms with van der Waals surface area (Å²) in [5, 5.41) is 5.55. The summed E-state index contributed by atoms with van der Waals surface area (Å²) in [4.78, 5) is 39.6. The Labute approximate surface area is 248 Å². The molecule has 0 bridgehead atoms. The molecule has 10 heteroatoms. The Bertz CT molecular complexity index is 1590. The van der Waals surface area contributed by atoms with Crippen molar-refractivity contribution in [2.45, 2.75) is 19.4 Å². The number of imide groups is 1. The number of nitrogens with one attached hydrogen (secondary N) is 2. The number of para-hydroxylation sites is 1. The predicted molar refractivity (Wildman–Crippen MR) is 164 cm³/mol. The molecule has 0 atom stereocenters. The monoisotopic (exact) mass is 578 g/mol. The second-order valence-electron chi connectivity index (χ2n) is 10.1. The predicted octanol–water partition coefficient (Wildman–Crippen LogP) is 5.66. The molecule has 2 aromatic carbocycles. The van der Waals surface area contributed by atoms with Crippen molar-refractivity contribution in [1.82, 2.24) is 25.6 Å². The smallest absolute Gasteiger partial charge is 0.290 e. The molecule has 2 amide bonds. The average molecular weight is 579 g/mol. The molecule has 2 saturated heterocycles. The fraction of sp³-hybridized carbons (Fsp3) is 0.219. The highest BCUT2D eigenvalue weighted by Crippen LogP contribution is 2.28. The molecule has 2 aliphatic rings. The first-order valence-electron chi connectivity index (χ1n) is 13.9. The van der Waals surface area contributed by atoms with E-state index in [2.05, 4.69) is 36.6 Å². The fourth-order valence-corrected chi connectivity index (χ4v) is 5.71. The summed E-state index contributed by atoms with van der Waals surface area (Å²) in [6.07, 6.45) is 7.20. The molecule has 2 fully saturated rings. The van der Waals surface area contributed by atoms with Crippen molar-refractivity contribution in [1.29, 1.82) is 0 Å². The van der Waals surface area contributed by atoms with E-state index >= 15 is 0 Å². The first-order chi connectivity index (χ1) is 20.6. The molecule has 6 rings (SSSR count). The number of rotatable bonds is 9. The standard InChI is InChI=1S/C32H30N6O3S/c39-30-28(42-32(40)37-30)19-25-12-16-35-31(36-25)38-17-13-22(14-18-38)20-33-21-24-5-4-15-34-29(24)23-8-10-27(11-9-23)41-26-6-2-1-3-7-26/h1-12,15-16,19,22,33H,13-14,17-18,20-21H2,(H,37,39,40)/b28-19-. The molecule has 0 radical (unpaired) electrons. The zero-order valence-corrected chi connectivity index (χ0v) is 23.7. The van der Waals surface area contributed by atoms with E-state index in [9.17, 15) is 9.59 Å². The van der Waals surface area contributed by atoms with Crippen LogP contribution in [-0.4, -0.2) is 45.7 Å². The molecule has 42 heavy (non-hydrogen) atoms. The Balaban J connectivity index is 1.01. The Morgan fingerprint density at radius 3 is 2.48 bits per heavy atom. The number of anilines is 1. The van der Waals surface area contributed by atoms with Gasteiger partial charge < -0.3 is 15.0 Å². The lowest BCUT2D eigenvalue weighted by atomic mass is 9.97. The molecule has 212 valence electrons. The van der Waals surface area contributed by atoms with Crippen LogP contribution in [0, 0.1) is 5.92 Å². The number of carbonyl (C=O) groups is 2. The van der Waals surface area contributed by atoms with Crippen LogP contribution in [0.4, 0.5) is 10.7 Å². The minimum atomic E-state index is -0.386. The highest BCUT2D eigenvalue weighted by Gasteiger charge is 2.26. The summed E-state index contributed by atoms with van der Waals surface area (Å²) in [6.45, 7) is 3.37. The average Bonchev–Trinajstić information content (AvgIpc) is 3.34. The van der Waals surface area contributed by atoms with Gasteiger partial charge >= 0.3 is 0 Å². The van der Waals surface area contributed by atoms with Crippen LogP contribution in [0.3, 0.4) is 0 Å². The number of thioether (sulfide) groups is 1. The van der Waals surface area contributed by atoms with E-state index in [-0.39, 0.29) is 11.1 Å². The van der Waals surface area contributed by atoms with Crippen LogP contribution in [0.25, 0.3) is 17.3 Å². The Morgan fingerprint density at radius 1 is 0.929 bits per heavy atom. The first kappa shape index (κ1) is 27.6. The molecule has 0 spiro atoms. The second-order valence-corrected chi connectivity index (χ2v) is 11.2. The summed E-state index contributed by atoms with van der Waals surface area (Å²) in [5.74, 6) is 2.41. The third-order valence-electron chi connectivity index (χ3n) is 7.23. The Morgan fingerprint density at radius 2 is 1.71 bits per heavy atom. The molecule has 0 aliphatic carbocycles. The van der Waals surface area contributed by atoms with Crippen LogP contribution < -0.4 is 20.3 Å². The van der Waals surface area contributed by atoms with Gasteiger partial charge in [-0.25, -0.2) is 9.97 Å². The lowest BCUT2D eigenvalue weighted by Crippen LogP contribution is -2.38. The van der Waals surface area contributed by atoms with Crippen molar-refractivity contribution in [2.75, 3.05) is 24.5 Å². The van der Waals surface area contributed by atoms with Gasteiger partial charge in [0, 0.05) is 37.6 Å². The summed E-state index contributed by atoms with van der Waals surface area (Å²) < 4.78 is 5.93. The Kier molecular flexibility index (Phi) is 8.53. The maximum absolute atomic E-state index is 11.9. The van der Waals surface area contributed by atoms with Crippen LogP contribution in [-0.2, 0) is 11.3 Å². The van der Waals surface area contributed by atoms with Crippen molar-refractivity contribution in [3.8, 4) is 22.8 Å². The van der Waals surface area contributed by atoms with Crippen LogP contribution >= 0.6 is 11.8 Å². The number of pyridine rings is 1. The minimum absolute atomic E-state index is 0.347. The van der Waals surface area contributed by atoms with Crippen molar-refractivity contribution in [3.05, 3.63) is 101 Å². The van der Waals surface area contributed by atoms with Gasteiger partial charge in [0.1, 0.15) is 11.5 Å². The molecule has 2 aromatic heterocycles. The van der Waals surface area contributed by atoms with Gasteiger partial charge in [0.15, 0.2) is 0 Å². The number of nitrogens with zero attached hydrogens (tertiary/aromatic N) is 4. The van der Waals surface area contributed by atoms with Gasteiger partial charge in [0.2, 0.25) is 5.95 Å². The van der Waals surface area contributed by atoms with Gasteiger partial charge in [-0.05, 0) is 97.2 Å². The van der Waals surface area contributed by atoms with E-state index in [4.69, 9.17) is 4.74 Å². The number of aromatic nitrogens is 3. The summed E-state index contributed by atoms with van der Waals surface area (Å²) >= 11 is 0.888. The first-order valence-corrected chi connectivity index (χ1v) is 14.7. The minimum Gasteiger partial charge on any atom is -0.457 e. The van der Waals surface area contributed by atoms with E-state index in [1.165, 1.54) is 0 Å². The largest absolute Gasteiger partial charge is 0.457 e. The quantitative estimate of drug-likeness (QED) is 0.243. The molecule has 0 saturated carbocycles. The lowest BCUT2D eigenvalue weighted by molar-refractivity contribution is -0.115. The number of hydrogen-bond donors (Lipinski definition) is 2. The molecule has 2 aliphatic heterocycles. The van der Waals surface area contributed by atoms with Gasteiger partial charge in [-0.2, -0.15) is 0 Å². The topological polar surface area (TPSA) is 109 Å². The summed E-state index contributed by atoms with van der Waals surface area (Å²) in [5.41, 5.74) is 3.79. The van der Waals surface area contributed by atoms with Crippen molar-refractivity contribution in [3.63, 3.8) is 0 Å². The van der Waals surface area contributed by atoms with E-state index in [0.717, 1.165) is 79.1 Å². The highest BCUT2D eigenvalue weighted by molar-refractivity contribution is 8.18. The van der Waals surface area contributed by atoms with Gasteiger partial charge in [-0.1, -0.05) is 24.3 Å². The maximum atomic E-state index is 11.9. The van der Waals surface area contributed by atoms with Gasteiger partial charge in [0.25, 0.3) is 11.1 Å². The van der Waals surface area contributed by atoms with E-state index in [1.807, 2.05) is 66.9 Å². The SMILES string of the molecule is O=C1NC(=O)/C(=C/c2ccnc(N3CCC(CNCc4cccnc4-c4ccc(Oc5ccccc5)cc4)CC3)n2)S1. The molecule has 0 unspecified atom stereocenters. The molecular weight excluding hydrogens is 548 g/mol. The second kappa shape index (κ2) is 13.0. The van der Waals surface area contributed by atoms with Crippen molar-refractivity contribution < 1.29 is 14.3 Å². The maximum Gasteiger partial charge on any atom is 0.290 e. The number of carbonyl (C=O) groups excluding carboxylic acids is 2. The van der Waals surface area contributed by atoms with Crippen LogP contribution in [0.2, 0.25) is 0 Å². The van der Waals surface area contributed by atoms with E-state index in [1.54, 1.807) is 18.3 Å². The normalized spacial score (nSPS) is 16.6. The van der Waals surface area contributed by atoms with Crippen LogP contribution in [0.15, 0.2) is 90.1 Å². The third kappa shape index (κ3) is 6.84. The molecule has 2 N–H and O–H groups in total. The summed E-state index contributed by atoms with van der Waals surface area (Å²) in [7, 11) is 0. The number of piperidine rings is 1. The number of ether oxygens (including phenoxy) is 1. The fourth-order valence-electron chi connectivity index (χ4n) is 5.04. The molecule has 4 aromatic rings. The highest BCUT2D eigenvalue weighted by atomic mass is 32.2. The summed E-state index contributed by atoms with van der Waals surface area (Å²) in [6, 6.07) is 23.6.